The van der Waals surface area contributed by atoms with E-state index in [0.717, 1.165) is 12.8 Å². The minimum absolute atomic E-state index is 0.203. The fourth-order valence-electron chi connectivity index (χ4n) is 2.39. The van der Waals surface area contributed by atoms with Gasteiger partial charge in [0.1, 0.15) is 0 Å². The Balaban J connectivity index is 1.96. The van der Waals surface area contributed by atoms with E-state index < -0.39 is 6.10 Å². The molecule has 2 saturated heterocycles. The van der Waals surface area contributed by atoms with Crippen molar-refractivity contribution in [2.75, 3.05) is 13.2 Å². The molecule has 0 aromatic heterocycles. The van der Waals surface area contributed by atoms with Crippen molar-refractivity contribution >= 4 is 5.97 Å². The number of esters is 1. The van der Waals surface area contributed by atoms with Crippen molar-refractivity contribution in [3.63, 3.8) is 0 Å². The van der Waals surface area contributed by atoms with Crippen molar-refractivity contribution in [3.8, 4) is 6.07 Å². The van der Waals surface area contributed by atoms with Crippen LogP contribution in [0.15, 0.2) is 0 Å². The van der Waals surface area contributed by atoms with Crippen LogP contribution in [0.5, 0.6) is 0 Å². The van der Waals surface area contributed by atoms with E-state index in [1.165, 1.54) is 0 Å². The van der Waals surface area contributed by atoms with E-state index in [9.17, 15) is 4.79 Å². The molecule has 0 spiro atoms. The molecule has 0 saturated carbocycles. The number of rotatable bonds is 4. The summed E-state index contributed by atoms with van der Waals surface area (Å²) in [4.78, 5) is 11.6. The van der Waals surface area contributed by atoms with Gasteiger partial charge >= 0.3 is 5.97 Å². The van der Waals surface area contributed by atoms with E-state index in [1.807, 2.05) is 13.8 Å². The predicted molar refractivity (Wildman–Crippen MR) is 62.3 cm³/mol. The van der Waals surface area contributed by atoms with Crippen LogP contribution in [-0.2, 0) is 19.0 Å². The van der Waals surface area contributed by atoms with Crippen LogP contribution >= 0.6 is 0 Å². The maximum Gasteiger partial charge on any atom is 0.336 e. The fraction of sp³-hybridized carbons (Fsp3) is 0.846. The summed E-state index contributed by atoms with van der Waals surface area (Å²) in [6.07, 6.45) is 1.18. The van der Waals surface area contributed by atoms with Gasteiger partial charge in [-0.25, -0.2) is 4.79 Å². The number of ether oxygens (including phenoxy) is 3. The first-order valence-corrected chi connectivity index (χ1v) is 6.35. The van der Waals surface area contributed by atoms with Gasteiger partial charge in [-0.15, -0.1) is 0 Å². The molecule has 2 rings (SSSR count). The van der Waals surface area contributed by atoms with E-state index in [1.54, 1.807) is 0 Å². The first-order chi connectivity index (χ1) is 8.54. The topological polar surface area (TPSA) is 68.6 Å². The molecule has 2 heterocycles. The molecule has 0 radical (unpaired) electrons. The van der Waals surface area contributed by atoms with Gasteiger partial charge in [0.2, 0.25) is 0 Å². The highest BCUT2D eigenvalue weighted by Crippen LogP contribution is 2.35. The standard InChI is InChI=1S/C13H19NO4/c1-13(2)8-17-11(15)10(13)18-12-9(4-3-6-14)5-7-16-12/h9-10,12H,3-5,7-8H2,1-2H3/t9-,10-,12+/m0/s1. The van der Waals surface area contributed by atoms with E-state index in [0.29, 0.717) is 19.6 Å². The minimum atomic E-state index is -0.565. The van der Waals surface area contributed by atoms with E-state index in [2.05, 4.69) is 6.07 Å². The molecule has 2 aliphatic rings. The molecule has 2 aliphatic heterocycles. The lowest BCUT2D eigenvalue weighted by Gasteiger charge is -2.27. The van der Waals surface area contributed by atoms with E-state index in [4.69, 9.17) is 19.5 Å². The summed E-state index contributed by atoms with van der Waals surface area (Å²) in [7, 11) is 0. The maximum absolute atomic E-state index is 11.6. The second-order valence-electron chi connectivity index (χ2n) is 5.60. The highest BCUT2D eigenvalue weighted by Gasteiger charge is 2.47. The lowest BCUT2D eigenvalue weighted by Crippen LogP contribution is -2.38. The van der Waals surface area contributed by atoms with E-state index >= 15 is 0 Å². The fourth-order valence-corrected chi connectivity index (χ4v) is 2.39. The van der Waals surface area contributed by atoms with Gasteiger partial charge < -0.3 is 14.2 Å². The summed E-state index contributed by atoms with van der Waals surface area (Å²) in [5, 5.41) is 8.62. The molecular weight excluding hydrogens is 234 g/mol. The van der Waals surface area contributed by atoms with Crippen LogP contribution in [0.4, 0.5) is 0 Å². The highest BCUT2D eigenvalue weighted by atomic mass is 16.7. The molecule has 3 atom stereocenters. The number of nitriles is 1. The van der Waals surface area contributed by atoms with Gasteiger partial charge in [0.25, 0.3) is 0 Å². The number of hydrogen-bond acceptors (Lipinski definition) is 5. The van der Waals surface area contributed by atoms with Crippen molar-refractivity contribution in [1.29, 1.82) is 5.26 Å². The molecule has 0 aromatic carbocycles. The van der Waals surface area contributed by atoms with Crippen molar-refractivity contribution < 1.29 is 19.0 Å². The minimum Gasteiger partial charge on any atom is -0.463 e. The summed E-state index contributed by atoms with van der Waals surface area (Å²) in [5.74, 6) is -0.108. The molecule has 0 bridgehead atoms. The summed E-state index contributed by atoms with van der Waals surface area (Å²) in [5.41, 5.74) is -0.317. The van der Waals surface area contributed by atoms with Gasteiger partial charge in [-0.3, -0.25) is 0 Å². The van der Waals surface area contributed by atoms with Gasteiger partial charge in [-0.2, -0.15) is 5.26 Å². The molecular formula is C13H19NO4. The molecule has 0 aromatic rings. The molecule has 5 nitrogen and oxygen atoms in total. The predicted octanol–water partition coefficient (Wildman–Crippen LogP) is 1.62. The Morgan fingerprint density at radius 1 is 1.56 bits per heavy atom. The third-order valence-electron chi connectivity index (χ3n) is 3.56. The average Bonchev–Trinajstić information content (AvgIpc) is 2.86. The third kappa shape index (κ3) is 2.65. The van der Waals surface area contributed by atoms with Gasteiger partial charge in [-0.1, -0.05) is 13.8 Å². The first kappa shape index (κ1) is 13.3. The lowest BCUT2D eigenvalue weighted by atomic mass is 9.89. The van der Waals surface area contributed by atoms with Crippen LogP contribution in [0.3, 0.4) is 0 Å². The molecule has 5 heteroatoms. The van der Waals surface area contributed by atoms with Crippen LogP contribution in [0, 0.1) is 22.7 Å². The highest BCUT2D eigenvalue weighted by molar-refractivity contribution is 5.77. The Bertz CT molecular complexity index is 360. The number of carbonyl (C=O) groups is 1. The first-order valence-electron chi connectivity index (χ1n) is 6.35. The van der Waals surface area contributed by atoms with Gasteiger partial charge in [-0.05, 0) is 12.8 Å². The number of hydrogen-bond donors (Lipinski definition) is 0. The smallest absolute Gasteiger partial charge is 0.336 e. The SMILES string of the molecule is CC1(C)COC(=O)[C@@H]1O[C@H]1OCC[C@@H]1CCC#N. The van der Waals surface area contributed by atoms with Gasteiger partial charge in [0, 0.05) is 17.8 Å². The Hall–Kier alpha value is -1.12. The van der Waals surface area contributed by atoms with E-state index in [-0.39, 0.29) is 23.6 Å². The summed E-state index contributed by atoms with van der Waals surface area (Å²) in [6, 6.07) is 2.13. The monoisotopic (exact) mass is 253 g/mol. The molecule has 100 valence electrons. The third-order valence-corrected chi connectivity index (χ3v) is 3.56. The Kier molecular flexibility index (Phi) is 3.88. The van der Waals surface area contributed by atoms with Crippen molar-refractivity contribution in [1.82, 2.24) is 0 Å². The molecule has 0 N–H and O–H groups in total. The summed E-state index contributed by atoms with van der Waals surface area (Å²) in [6.45, 7) is 4.90. The Morgan fingerprint density at radius 3 is 2.94 bits per heavy atom. The second kappa shape index (κ2) is 5.25. The van der Waals surface area contributed by atoms with Crippen molar-refractivity contribution in [3.05, 3.63) is 0 Å². The zero-order valence-electron chi connectivity index (χ0n) is 10.8. The maximum atomic E-state index is 11.6. The van der Waals surface area contributed by atoms with Crippen LogP contribution in [0.25, 0.3) is 0 Å². The van der Waals surface area contributed by atoms with Crippen LogP contribution in [0.1, 0.15) is 33.1 Å². The van der Waals surface area contributed by atoms with Gasteiger partial charge in [0.05, 0.1) is 19.3 Å². The van der Waals surface area contributed by atoms with Crippen molar-refractivity contribution in [2.45, 2.75) is 45.5 Å². The Morgan fingerprint density at radius 2 is 2.33 bits per heavy atom. The summed E-state index contributed by atoms with van der Waals surface area (Å²) >= 11 is 0. The number of cyclic esters (lactones) is 1. The Labute approximate surface area is 107 Å². The molecule has 18 heavy (non-hydrogen) atoms. The molecule has 0 unspecified atom stereocenters. The van der Waals surface area contributed by atoms with Crippen LogP contribution in [0.2, 0.25) is 0 Å². The van der Waals surface area contributed by atoms with Crippen molar-refractivity contribution in [2.24, 2.45) is 11.3 Å². The van der Waals surface area contributed by atoms with Gasteiger partial charge in [0.15, 0.2) is 12.4 Å². The second-order valence-corrected chi connectivity index (χ2v) is 5.60. The quantitative estimate of drug-likeness (QED) is 0.712. The number of carbonyl (C=O) groups excluding carboxylic acids is 1. The lowest BCUT2D eigenvalue weighted by molar-refractivity contribution is -0.188. The molecule has 0 aliphatic carbocycles. The normalized spacial score (nSPS) is 34.3. The van der Waals surface area contributed by atoms with Crippen LogP contribution < -0.4 is 0 Å². The van der Waals surface area contributed by atoms with Crippen LogP contribution in [-0.4, -0.2) is 31.6 Å². The number of nitrogens with zero attached hydrogens (tertiary/aromatic N) is 1. The average molecular weight is 253 g/mol. The summed E-state index contributed by atoms with van der Waals surface area (Å²) < 4.78 is 16.4. The zero-order chi connectivity index (χ0) is 13.2. The largest absolute Gasteiger partial charge is 0.463 e. The molecule has 0 amide bonds. The molecule has 2 fully saturated rings. The zero-order valence-corrected chi connectivity index (χ0v) is 10.8.